The number of nitrogens with one attached hydrogen (secondary N) is 1. The van der Waals surface area contributed by atoms with Crippen molar-refractivity contribution in [3.05, 3.63) is 53.4 Å². The Bertz CT molecular complexity index is 1170. The van der Waals surface area contributed by atoms with E-state index in [0.29, 0.717) is 6.07 Å². The number of aromatic nitrogens is 1. The van der Waals surface area contributed by atoms with Gasteiger partial charge in [-0.15, -0.1) is 0 Å². The number of carbonyl (C=O) groups is 2. The van der Waals surface area contributed by atoms with E-state index >= 15 is 0 Å². The van der Waals surface area contributed by atoms with Crippen molar-refractivity contribution >= 4 is 17.6 Å². The normalized spacial score (nSPS) is 24.4. The Morgan fingerprint density at radius 3 is 2.54 bits per heavy atom. The van der Waals surface area contributed by atoms with E-state index in [1.54, 1.807) is 0 Å². The number of aliphatic hydroxyl groups excluding tert-OH is 1. The fourth-order valence-corrected chi connectivity index (χ4v) is 4.12. The predicted molar refractivity (Wildman–Crippen MR) is 119 cm³/mol. The number of ether oxygens (including phenoxy) is 3. The number of hydrogen-bond acceptors (Lipinski definition) is 7. The third-order valence-corrected chi connectivity index (χ3v) is 6.26. The quantitative estimate of drug-likeness (QED) is 0.410. The SMILES string of the molecule is COC(=O)c1cc(NC(=O)[C@@H]2O[C@@](C)(C(F)(F)F)[C@@H](C)[C@H]2c2ccc(F)c(F)c2OC[C@@H](C)O)ccn1. The summed E-state index contributed by atoms with van der Waals surface area (Å²) in [6.07, 6.45) is -6.71. The second-order valence-corrected chi connectivity index (χ2v) is 8.81. The molecule has 202 valence electrons. The van der Waals surface area contributed by atoms with E-state index in [2.05, 4.69) is 15.0 Å². The first-order chi connectivity index (χ1) is 17.2. The molecule has 0 bridgehead atoms. The van der Waals surface area contributed by atoms with Gasteiger partial charge in [-0.25, -0.2) is 14.2 Å². The summed E-state index contributed by atoms with van der Waals surface area (Å²) in [7, 11) is 1.12. The molecular weight excluding hydrogens is 507 g/mol. The van der Waals surface area contributed by atoms with Gasteiger partial charge in [0, 0.05) is 29.3 Å². The number of methoxy groups -OCH3 is 1. The van der Waals surface area contributed by atoms with Gasteiger partial charge in [0.05, 0.1) is 13.2 Å². The minimum atomic E-state index is -4.94. The molecule has 37 heavy (non-hydrogen) atoms. The molecule has 1 saturated heterocycles. The van der Waals surface area contributed by atoms with Crippen LogP contribution >= 0.6 is 0 Å². The van der Waals surface area contributed by atoms with Crippen LogP contribution in [0.4, 0.5) is 27.6 Å². The van der Waals surface area contributed by atoms with Gasteiger partial charge < -0.3 is 24.6 Å². The smallest absolute Gasteiger partial charge is 0.417 e. The average molecular weight is 532 g/mol. The summed E-state index contributed by atoms with van der Waals surface area (Å²) in [5.74, 6) is -8.33. The number of halogens is 5. The van der Waals surface area contributed by atoms with Crippen LogP contribution in [0.15, 0.2) is 30.5 Å². The second-order valence-electron chi connectivity index (χ2n) is 8.81. The Morgan fingerprint density at radius 2 is 1.95 bits per heavy atom. The van der Waals surface area contributed by atoms with Crippen molar-refractivity contribution in [2.75, 3.05) is 19.0 Å². The molecule has 2 aromatic rings. The van der Waals surface area contributed by atoms with Gasteiger partial charge in [0.15, 0.2) is 17.2 Å². The lowest BCUT2D eigenvalue weighted by Gasteiger charge is -2.32. The van der Waals surface area contributed by atoms with Crippen LogP contribution < -0.4 is 10.1 Å². The molecule has 3 rings (SSSR count). The lowest BCUT2D eigenvalue weighted by atomic mass is 9.77. The first-order valence-corrected chi connectivity index (χ1v) is 11.1. The molecule has 2 heterocycles. The van der Waals surface area contributed by atoms with E-state index in [9.17, 15) is 36.6 Å². The predicted octanol–water partition coefficient (Wildman–Crippen LogP) is 3.98. The molecule has 1 fully saturated rings. The van der Waals surface area contributed by atoms with Crippen LogP contribution in [0.3, 0.4) is 0 Å². The molecule has 1 aliphatic heterocycles. The number of alkyl halides is 3. The van der Waals surface area contributed by atoms with E-state index in [-0.39, 0.29) is 16.9 Å². The summed E-state index contributed by atoms with van der Waals surface area (Å²) in [6.45, 7) is 2.76. The Hall–Kier alpha value is -3.32. The van der Waals surface area contributed by atoms with Crippen molar-refractivity contribution in [1.82, 2.24) is 4.98 Å². The maximum Gasteiger partial charge on any atom is 0.417 e. The highest BCUT2D eigenvalue weighted by Crippen LogP contribution is 2.55. The molecule has 1 aromatic heterocycles. The van der Waals surface area contributed by atoms with E-state index < -0.39 is 71.7 Å². The van der Waals surface area contributed by atoms with Crippen LogP contribution in [0, 0.1) is 17.6 Å². The van der Waals surface area contributed by atoms with E-state index in [1.807, 2.05) is 0 Å². The third kappa shape index (κ3) is 5.52. The summed E-state index contributed by atoms with van der Waals surface area (Å²) in [6, 6.07) is 4.16. The highest BCUT2D eigenvalue weighted by molar-refractivity contribution is 5.96. The lowest BCUT2D eigenvalue weighted by Crippen LogP contribution is -2.47. The Balaban J connectivity index is 2.08. The molecular formula is C24H25F5N2O6. The highest BCUT2D eigenvalue weighted by Gasteiger charge is 2.66. The molecule has 13 heteroatoms. The van der Waals surface area contributed by atoms with Gasteiger partial charge in [0.2, 0.25) is 5.82 Å². The highest BCUT2D eigenvalue weighted by atomic mass is 19.4. The average Bonchev–Trinajstić information content (AvgIpc) is 3.11. The van der Waals surface area contributed by atoms with Crippen LogP contribution in [-0.2, 0) is 14.3 Å². The monoisotopic (exact) mass is 532 g/mol. The first-order valence-electron chi connectivity index (χ1n) is 11.1. The van der Waals surface area contributed by atoms with Crippen molar-refractivity contribution in [3.8, 4) is 5.75 Å². The topological polar surface area (TPSA) is 107 Å². The van der Waals surface area contributed by atoms with Gasteiger partial charge in [-0.1, -0.05) is 13.0 Å². The molecule has 0 aliphatic carbocycles. The van der Waals surface area contributed by atoms with Gasteiger partial charge in [-0.3, -0.25) is 4.79 Å². The minimum Gasteiger partial charge on any atom is -0.487 e. The summed E-state index contributed by atoms with van der Waals surface area (Å²) in [4.78, 5) is 28.8. The number of rotatable bonds is 7. The van der Waals surface area contributed by atoms with Crippen molar-refractivity contribution in [2.45, 2.75) is 50.7 Å². The number of benzene rings is 1. The fourth-order valence-electron chi connectivity index (χ4n) is 4.12. The Morgan fingerprint density at radius 1 is 1.27 bits per heavy atom. The number of pyridine rings is 1. The lowest BCUT2D eigenvalue weighted by molar-refractivity contribution is -0.272. The first kappa shape index (κ1) is 28.3. The molecule has 0 radical (unpaired) electrons. The van der Waals surface area contributed by atoms with Crippen molar-refractivity contribution in [2.24, 2.45) is 5.92 Å². The molecule has 5 atom stereocenters. The van der Waals surface area contributed by atoms with Crippen LogP contribution in [0.25, 0.3) is 0 Å². The van der Waals surface area contributed by atoms with Gasteiger partial charge in [0.25, 0.3) is 5.91 Å². The second kappa shape index (κ2) is 10.6. The number of nitrogens with zero attached hydrogens (tertiary/aromatic N) is 1. The standard InChI is InChI=1S/C24H25F5N2O6/c1-11(32)10-36-19-14(5-6-15(25)18(19)26)17-12(2)23(3,24(27,28)29)37-20(17)21(33)31-13-7-8-30-16(9-13)22(34)35-4/h5-9,11-12,17,20,32H,10H2,1-4H3,(H,30,31,33)/t11-,12+,17+,20-,23-/m1/s1. The zero-order valence-electron chi connectivity index (χ0n) is 20.2. The molecule has 1 aliphatic rings. The van der Waals surface area contributed by atoms with Crippen molar-refractivity contribution in [1.29, 1.82) is 0 Å². The number of carbonyl (C=O) groups excluding carboxylic acids is 2. The third-order valence-electron chi connectivity index (χ3n) is 6.26. The Labute approximate surface area is 208 Å². The zero-order chi connectivity index (χ0) is 27.7. The van der Waals surface area contributed by atoms with Gasteiger partial charge in [0.1, 0.15) is 18.4 Å². The molecule has 1 amide bonds. The summed E-state index contributed by atoms with van der Waals surface area (Å²) < 4.78 is 86.2. The Kier molecular flexibility index (Phi) is 8.08. The van der Waals surface area contributed by atoms with Crippen molar-refractivity contribution < 1.29 is 50.9 Å². The number of aliphatic hydroxyl groups is 1. The number of anilines is 1. The molecule has 0 spiro atoms. The maximum atomic E-state index is 14.8. The molecule has 2 N–H and O–H groups in total. The number of esters is 1. The van der Waals surface area contributed by atoms with E-state index in [4.69, 9.17) is 9.47 Å². The van der Waals surface area contributed by atoms with Crippen LogP contribution in [0.2, 0.25) is 0 Å². The zero-order valence-corrected chi connectivity index (χ0v) is 20.2. The number of amides is 1. The molecule has 1 aromatic carbocycles. The largest absolute Gasteiger partial charge is 0.487 e. The fraction of sp³-hybridized carbons (Fsp3) is 0.458. The van der Waals surface area contributed by atoms with Crippen LogP contribution in [0.1, 0.15) is 42.7 Å². The van der Waals surface area contributed by atoms with Gasteiger partial charge in [-0.2, -0.15) is 17.6 Å². The summed E-state index contributed by atoms with van der Waals surface area (Å²) in [5, 5.41) is 11.9. The molecule has 8 nitrogen and oxygen atoms in total. The van der Waals surface area contributed by atoms with Crippen molar-refractivity contribution in [3.63, 3.8) is 0 Å². The van der Waals surface area contributed by atoms with Gasteiger partial charge in [-0.05, 0) is 32.0 Å². The van der Waals surface area contributed by atoms with Crippen LogP contribution in [-0.4, -0.2) is 59.7 Å². The van der Waals surface area contributed by atoms with Gasteiger partial charge >= 0.3 is 12.1 Å². The molecule has 0 saturated carbocycles. The van der Waals surface area contributed by atoms with Crippen LogP contribution in [0.5, 0.6) is 5.75 Å². The minimum absolute atomic E-state index is 0.00637. The summed E-state index contributed by atoms with van der Waals surface area (Å²) >= 11 is 0. The molecule has 0 unspecified atom stereocenters. The van der Waals surface area contributed by atoms with E-state index in [0.717, 1.165) is 26.2 Å². The van der Waals surface area contributed by atoms with E-state index in [1.165, 1.54) is 26.1 Å². The maximum absolute atomic E-state index is 14.8. The number of hydrogen-bond donors (Lipinski definition) is 2. The summed E-state index contributed by atoms with van der Waals surface area (Å²) in [5.41, 5.74) is -3.26.